The summed E-state index contributed by atoms with van der Waals surface area (Å²) in [5.41, 5.74) is 1.65. The molecule has 21 heavy (non-hydrogen) atoms. The standard InChI is InChI=1S/C17H16N2OS/c1-13(16-8-5-11-21-16)18-17(20)14-6-4-7-15(12-14)19-9-2-3-10-19/h2-13H,1H3,(H,18,20)/t13-/m1/s1. The van der Waals surface area contributed by atoms with Crippen molar-refractivity contribution in [2.45, 2.75) is 13.0 Å². The van der Waals surface area contributed by atoms with E-state index in [9.17, 15) is 4.79 Å². The molecule has 0 aliphatic rings. The van der Waals surface area contributed by atoms with Gasteiger partial charge in [0.05, 0.1) is 6.04 Å². The van der Waals surface area contributed by atoms with E-state index >= 15 is 0 Å². The number of thiophene rings is 1. The van der Waals surface area contributed by atoms with E-state index < -0.39 is 0 Å². The molecule has 0 bridgehead atoms. The lowest BCUT2D eigenvalue weighted by atomic mass is 10.1. The molecule has 0 fully saturated rings. The van der Waals surface area contributed by atoms with Gasteiger partial charge in [0.25, 0.3) is 5.91 Å². The maximum Gasteiger partial charge on any atom is 0.251 e. The lowest BCUT2D eigenvalue weighted by Crippen LogP contribution is -2.26. The van der Waals surface area contributed by atoms with E-state index in [4.69, 9.17) is 0 Å². The normalized spacial score (nSPS) is 12.0. The van der Waals surface area contributed by atoms with Crippen LogP contribution in [-0.4, -0.2) is 10.5 Å². The predicted molar refractivity (Wildman–Crippen MR) is 86.0 cm³/mol. The molecule has 1 N–H and O–H groups in total. The second-order valence-electron chi connectivity index (χ2n) is 4.85. The van der Waals surface area contributed by atoms with E-state index in [1.54, 1.807) is 11.3 Å². The average molecular weight is 296 g/mol. The lowest BCUT2D eigenvalue weighted by molar-refractivity contribution is 0.0940. The molecule has 1 amide bonds. The van der Waals surface area contributed by atoms with Gasteiger partial charge in [0.2, 0.25) is 0 Å². The van der Waals surface area contributed by atoms with Crippen LogP contribution in [0.3, 0.4) is 0 Å². The van der Waals surface area contributed by atoms with E-state index in [0.29, 0.717) is 5.56 Å². The molecular formula is C17H16N2OS. The number of carbonyl (C=O) groups is 1. The van der Waals surface area contributed by atoms with Crippen molar-refractivity contribution in [3.05, 3.63) is 76.7 Å². The van der Waals surface area contributed by atoms with Gasteiger partial charge in [-0.25, -0.2) is 0 Å². The summed E-state index contributed by atoms with van der Waals surface area (Å²) in [5, 5.41) is 5.05. The van der Waals surface area contributed by atoms with Crippen molar-refractivity contribution < 1.29 is 4.79 Å². The zero-order valence-corrected chi connectivity index (χ0v) is 12.5. The molecule has 2 aromatic heterocycles. The molecule has 0 saturated heterocycles. The van der Waals surface area contributed by atoms with Crippen molar-refractivity contribution in [3.63, 3.8) is 0 Å². The summed E-state index contributed by atoms with van der Waals surface area (Å²) in [4.78, 5) is 13.5. The second kappa shape index (κ2) is 5.97. The van der Waals surface area contributed by atoms with Gasteiger partial charge in [0, 0.05) is 28.5 Å². The number of hydrogen-bond acceptors (Lipinski definition) is 2. The summed E-state index contributed by atoms with van der Waals surface area (Å²) in [6.45, 7) is 2.00. The zero-order chi connectivity index (χ0) is 14.7. The van der Waals surface area contributed by atoms with Crippen LogP contribution in [0.15, 0.2) is 66.3 Å². The predicted octanol–water partition coefficient (Wildman–Crippen LogP) is 4.03. The number of carbonyl (C=O) groups excluding carboxylic acids is 1. The third-order valence-corrected chi connectivity index (χ3v) is 4.38. The van der Waals surface area contributed by atoms with Crippen molar-refractivity contribution >= 4 is 17.2 Å². The van der Waals surface area contributed by atoms with E-state index in [1.165, 1.54) is 0 Å². The minimum absolute atomic E-state index is 0.0211. The van der Waals surface area contributed by atoms with Crippen LogP contribution in [-0.2, 0) is 0 Å². The number of benzene rings is 1. The highest BCUT2D eigenvalue weighted by Gasteiger charge is 2.12. The maximum absolute atomic E-state index is 12.4. The first-order valence-corrected chi connectivity index (χ1v) is 7.70. The molecule has 1 atom stereocenters. The fourth-order valence-electron chi connectivity index (χ4n) is 2.20. The highest BCUT2D eigenvalue weighted by molar-refractivity contribution is 7.10. The van der Waals surface area contributed by atoms with Gasteiger partial charge in [-0.05, 0) is 48.7 Å². The summed E-state index contributed by atoms with van der Waals surface area (Å²) >= 11 is 1.65. The van der Waals surface area contributed by atoms with Crippen LogP contribution in [0.5, 0.6) is 0 Å². The minimum atomic E-state index is -0.0510. The van der Waals surface area contributed by atoms with Gasteiger partial charge in [-0.1, -0.05) is 12.1 Å². The quantitative estimate of drug-likeness (QED) is 0.775. The minimum Gasteiger partial charge on any atom is -0.345 e. The van der Waals surface area contributed by atoms with Gasteiger partial charge in [0.1, 0.15) is 0 Å². The molecular weight excluding hydrogens is 280 g/mol. The maximum atomic E-state index is 12.4. The van der Waals surface area contributed by atoms with E-state index in [2.05, 4.69) is 5.32 Å². The first-order valence-electron chi connectivity index (χ1n) is 6.82. The van der Waals surface area contributed by atoms with Crippen molar-refractivity contribution in [1.29, 1.82) is 0 Å². The Hall–Kier alpha value is -2.33. The Balaban J connectivity index is 1.77. The number of nitrogens with zero attached hydrogens (tertiary/aromatic N) is 1. The van der Waals surface area contributed by atoms with Crippen molar-refractivity contribution in [2.75, 3.05) is 0 Å². The Morgan fingerprint density at radius 1 is 1.14 bits per heavy atom. The van der Waals surface area contributed by atoms with Crippen LogP contribution in [0.1, 0.15) is 28.2 Å². The molecule has 4 heteroatoms. The third-order valence-electron chi connectivity index (χ3n) is 3.33. The number of amides is 1. The highest BCUT2D eigenvalue weighted by Crippen LogP contribution is 2.19. The molecule has 0 aliphatic carbocycles. The summed E-state index contributed by atoms with van der Waals surface area (Å²) in [5.74, 6) is -0.0510. The smallest absolute Gasteiger partial charge is 0.251 e. The van der Waals surface area contributed by atoms with Gasteiger partial charge in [-0.2, -0.15) is 0 Å². The van der Waals surface area contributed by atoms with E-state index in [0.717, 1.165) is 10.6 Å². The van der Waals surface area contributed by atoms with Crippen LogP contribution in [0, 0.1) is 0 Å². The second-order valence-corrected chi connectivity index (χ2v) is 5.83. The Bertz CT molecular complexity index is 717. The van der Waals surface area contributed by atoms with Crippen molar-refractivity contribution in [1.82, 2.24) is 9.88 Å². The van der Waals surface area contributed by atoms with Crippen LogP contribution < -0.4 is 5.32 Å². The molecule has 0 spiro atoms. The third kappa shape index (κ3) is 3.06. The number of aromatic nitrogens is 1. The lowest BCUT2D eigenvalue weighted by Gasteiger charge is -2.13. The van der Waals surface area contributed by atoms with Gasteiger partial charge in [0.15, 0.2) is 0 Å². The van der Waals surface area contributed by atoms with Gasteiger partial charge in [-0.15, -0.1) is 11.3 Å². The van der Waals surface area contributed by atoms with Gasteiger partial charge < -0.3 is 9.88 Å². The largest absolute Gasteiger partial charge is 0.345 e. The van der Waals surface area contributed by atoms with Gasteiger partial charge in [-0.3, -0.25) is 4.79 Å². The topological polar surface area (TPSA) is 34.0 Å². The van der Waals surface area contributed by atoms with E-state index in [1.807, 2.05) is 77.8 Å². The average Bonchev–Trinajstić information content (AvgIpc) is 3.20. The molecule has 3 aromatic rings. The van der Waals surface area contributed by atoms with Crippen molar-refractivity contribution in [3.8, 4) is 5.69 Å². The van der Waals surface area contributed by atoms with Crippen LogP contribution in [0.4, 0.5) is 0 Å². The molecule has 2 heterocycles. The fraction of sp³-hybridized carbons (Fsp3) is 0.118. The van der Waals surface area contributed by atoms with Gasteiger partial charge >= 0.3 is 0 Å². The Morgan fingerprint density at radius 2 is 1.95 bits per heavy atom. The molecule has 106 valence electrons. The molecule has 0 unspecified atom stereocenters. The van der Waals surface area contributed by atoms with Crippen LogP contribution >= 0.6 is 11.3 Å². The van der Waals surface area contributed by atoms with E-state index in [-0.39, 0.29) is 11.9 Å². The molecule has 1 aromatic carbocycles. The number of nitrogens with one attached hydrogen (secondary N) is 1. The molecule has 0 saturated carbocycles. The number of hydrogen-bond donors (Lipinski definition) is 1. The Labute approximate surface area is 127 Å². The molecule has 0 aliphatic heterocycles. The molecule has 3 rings (SSSR count). The van der Waals surface area contributed by atoms with Crippen molar-refractivity contribution in [2.24, 2.45) is 0 Å². The zero-order valence-electron chi connectivity index (χ0n) is 11.7. The first kappa shape index (κ1) is 13.6. The number of rotatable bonds is 4. The molecule has 3 nitrogen and oxygen atoms in total. The van der Waals surface area contributed by atoms with Crippen LogP contribution in [0.25, 0.3) is 5.69 Å². The summed E-state index contributed by atoms with van der Waals surface area (Å²) in [7, 11) is 0. The monoisotopic (exact) mass is 296 g/mol. The summed E-state index contributed by atoms with van der Waals surface area (Å²) in [6.07, 6.45) is 3.93. The Morgan fingerprint density at radius 3 is 2.67 bits per heavy atom. The molecule has 0 radical (unpaired) electrons. The highest BCUT2D eigenvalue weighted by atomic mass is 32.1. The Kier molecular flexibility index (Phi) is 3.88. The summed E-state index contributed by atoms with van der Waals surface area (Å²) < 4.78 is 1.99. The fourth-order valence-corrected chi connectivity index (χ4v) is 2.94. The SMILES string of the molecule is C[C@@H](NC(=O)c1cccc(-n2cccc2)c1)c1cccs1. The first-order chi connectivity index (χ1) is 10.2. The van der Waals surface area contributed by atoms with Crippen LogP contribution in [0.2, 0.25) is 0 Å². The summed E-state index contributed by atoms with van der Waals surface area (Å²) in [6, 6.07) is 15.6.